The summed E-state index contributed by atoms with van der Waals surface area (Å²) in [5, 5.41) is 21.1. The van der Waals surface area contributed by atoms with Crippen molar-refractivity contribution >= 4 is 12.1 Å². The summed E-state index contributed by atoms with van der Waals surface area (Å²) in [5.41, 5.74) is 2.97. The van der Waals surface area contributed by atoms with Crippen LogP contribution in [0.2, 0.25) is 0 Å². The number of alkyl carbamates (subject to hydrolysis) is 1. The van der Waals surface area contributed by atoms with Gasteiger partial charge in [0.05, 0.1) is 12.0 Å². The number of amides is 1. The molecule has 2 aromatic carbocycles. The van der Waals surface area contributed by atoms with Gasteiger partial charge in [-0.25, -0.2) is 4.79 Å². The van der Waals surface area contributed by atoms with Crippen LogP contribution in [0, 0.1) is 0 Å². The maximum atomic E-state index is 12.0. The van der Waals surface area contributed by atoms with Crippen molar-refractivity contribution in [3.8, 4) is 11.1 Å². The summed E-state index contributed by atoms with van der Waals surface area (Å²) in [6, 6.07) is 16.0. The second-order valence-electron chi connectivity index (χ2n) is 6.75. The number of carbonyl (C=O) groups is 2. The number of benzene rings is 2. The van der Waals surface area contributed by atoms with E-state index < -0.39 is 24.1 Å². The van der Waals surface area contributed by atoms with E-state index in [0.29, 0.717) is 0 Å². The Hall–Kier alpha value is -2.86. The molecule has 1 atom stereocenters. The SMILES string of the molecule is C[C@@](O)(CNC(=O)OCC1c2ccccc2-c2ccccc21)CC(=O)O. The van der Waals surface area contributed by atoms with Crippen LogP contribution in [0.3, 0.4) is 0 Å². The van der Waals surface area contributed by atoms with Crippen LogP contribution in [0.4, 0.5) is 4.79 Å². The van der Waals surface area contributed by atoms with Crippen LogP contribution < -0.4 is 5.32 Å². The Morgan fingerprint density at radius 1 is 1.08 bits per heavy atom. The maximum Gasteiger partial charge on any atom is 0.407 e. The molecule has 0 spiro atoms. The van der Waals surface area contributed by atoms with Crippen molar-refractivity contribution in [2.24, 2.45) is 0 Å². The first-order chi connectivity index (χ1) is 12.4. The normalized spacial score (nSPS) is 14.8. The average Bonchev–Trinajstić information content (AvgIpc) is 2.91. The molecular formula is C20H21NO5. The lowest BCUT2D eigenvalue weighted by molar-refractivity contribution is -0.141. The molecule has 2 aromatic rings. The Labute approximate surface area is 151 Å². The van der Waals surface area contributed by atoms with Gasteiger partial charge in [-0.05, 0) is 29.2 Å². The highest BCUT2D eigenvalue weighted by molar-refractivity contribution is 5.79. The van der Waals surface area contributed by atoms with E-state index in [2.05, 4.69) is 17.4 Å². The van der Waals surface area contributed by atoms with Crippen LogP contribution in [-0.4, -0.2) is 41.0 Å². The van der Waals surface area contributed by atoms with E-state index in [-0.39, 0.29) is 19.1 Å². The third-order valence-corrected chi connectivity index (χ3v) is 4.49. The van der Waals surface area contributed by atoms with Gasteiger partial charge in [0.1, 0.15) is 6.61 Å². The van der Waals surface area contributed by atoms with E-state index in [1.54, 1.807) is 0 Å². The molecule has 1 aliphatic carbocycles. The molecule has 6 nitrogen and oxygen atoms in total. The largest absolute Gasteiger partial charge is 0.481 e. The van der Waals surface area contributed by atoms with Crippen molar-refractivity contribution in [3.63, 3.8) is 0 Å². The van der Waals surface area contributed by atoms with Crippen molar-refractivity contribution in [2.45, 2.75) is 24.9 Å². The zero-order valence-corrected chi connectivity index (χ0v) is 14.4. The molecule has 0 aromatic heterocycles. The third-order valence-electron chi connectivity index (χ3n) is 4.49. The number of aliphatic hydroxyl groups is 1. The summed E-state index contributed by atoms with van der Waals surface area (Å²) in [6.07, 6.45) is -1.14. The number of hydrogen-bond acceptors (Lipinski definition) is 4. The molecule has 26 heavy (non-hydrogen) atoms. The zero-order valence-electron chi connectivity index (χ0n) is 14.4. The lowest BCUT2D eigenvalue weighted by atomic mass is 9.98. The van der Waals surface area contributed by atoms with Crippen LogP contribution in [0.15, 0.2) is 48.5 Å². The molecule has 3 rings (SSSR count). The van der Waals surface area contributed by atoms with E-state index in [0.717, 1.165) is 22.3 Å². The van der Waals surface area contributed by atoms with Crippen LogP contribution in [0.25, 0.3) is 11.1 Å². The molecule has 1 aliphatic rings. The molecule has 0 radical (unpaired) electrons. The fourth-order valence-electron chi connectivity index (χ4n) is 3.30. The molecule has 3 N–H and O–H groups in total. The van der Waals surface area contributed by atoms with Crippen molar-refractivity contribution in [1.29, 1.82) is 0 Å². The van der Waals surface area contributed by atoms with Gasteiger partial charge in [0.25, 0.3) is 0 Å². The monoisotopic (exact) mass is 355 g/mol. The Morgan fingerprint density at radius 2 is 1.62 bits per heavy atom. The number of aliphatic carboxylic acids is 1. The van der Waals surface area contributed by atoms with Crippen LogP contribution in [0.5, 0.6) is 0 Å². The number of carbonyl (C=O) groups excluding carboxylic acids is 1. The van der Waals surface area contributed by atoms with Gasteiger partial charge in [0.2, 0.25) is 0 Å². The number of hydrogen-bond donors (Lipinski definition) is 3. The van der Waals surface area contributed by atoms with Gasteiger partial charge in [0.15, 0.2) is 0 Å². The van der Waals surface area contributed by atoms with E-state index in [4.69, 9.17) is 9.84 Å². The van der Waals surface area contributed by atoms with Crippen LogP contribution in [-0.2, 0) is 9.53 Å². The number of fused-ring (bicyclic) bond motifs is 3. The van der Waals surface area contributed by atoms with E-state index in [1.807, 2.05) is 36.4 Å². The highest BCUT2D eigenvalue weighted by atomic mass is 16.5. The number of carboxylic acid groups (broad SMARTS) is 1. The molecule has 0 bridgehead atoms. The first kappa shape index (κ1) is 17.9. The quantitative estimate of drug-likeness (QED) is 0.740. The van der Waals surface area contributed by atoms with E-state index in [1.165, 1.54) is 6.92 Å². The fraction of sp³-hybridized carbons (Fsp3) is 0.300. The van der Waals surface area contributed by atoms with Gasteiger partial charge in [-0.2, -0.15) is 0 Å². The summed E-state index contributed by atoms with van der Waals surface area (Å²) in [7, 11) is 0. The highest BCUT2D eigenvalue weighted by Gasteiger charge is 2.29. The molecule has 136 valence electrons. The minimum atomic E-state index is -1.53. The highest BCUT2D eigenvalue weighted by Crippen LogP contribution is 2.44. The molecule has 6 heteroatoms. The topological polar surface area (TPSA) is 95.9 Å². The summed E-state index contributed by atoms with van der Waals surface area (Å²) in [4.78, 5) is 22.7. The summed E-state index contributed by atoms with van der Waals surface area (Å²) >= 11 is 0. The summed E-state index contributed by atoms with van der Waals surface area (Å²) in [6.45, 7) is 1.32. The number of nitrogens with one attached hydrogen (secondary N) is 1. The van der Waals surface area contributed by atoms with Crippen LogP contribution >= 0.6 is 0 Å². The molecule has 0 saturated carbocycles. The molecule has 0 fully saturated rings. The van der Waals surface area contributed by atoms with E-state index >= 15 is 0 Å². The minimum absolute atomic E-state index is 0.0484. The molecule has 0 unspecified atom stereocenters. The predicted molar refractivity (Wildman–Crippen MR) is 95.9 cm³/mol. The second-order valence-corrected chi connectivity index (χ2v) is 6.75. The average molecular weight is 355 g/mol. The lowest BCUT2D eigenvalue weighted by Crippen LogP contribution is -2.42. The first-order valence-electron chi connectivity index (χ1n) is 8.40. The van der Waals surface area contributed by atoms with Gasteiger partial charge < -0.3 is 20.3 Å². The van der Waals surface area contributed by atoms with Crippen LogP contribution in [0.1, 0.15) is 30.4 Å². The number of rotatable bonds is 6. The number of ether oxygens (including phenoxy) is 1. The molecule has 1 amide bonds. The standard InChI is InChI=1S/C20H21NO5/c1-20(25,10-18(22)23)12-21-19(24)26-11-17-15-8-4-2-6-13(15)14-7-3-5-9-16(14)17/h2-9,17,25H,10-12H2,1H3,(H,21,24)(H,22,23)/t20-/m0/s1. The Morgan fingerprint density at radius 3 is 2.15 bits per heavy atom. The molecule has 0 saturated heterocycles. The fourth-order valence-corrected chi connectivity index (χ4v) is 3.30. The van der Waals surface area contributed by atoms with E-state index in [9.17, 15) is 14.7 Å². The summed E-state index contributed by atoms with van der Waals surface area (Å²) in [5.74, 6) is -1.18. The third kappa shape index (κ3) is 3.86. The van der Waals surface area contributed by atoms with Gasteiger partial charge in [0, 0.05) is 12.5 Å². The first-order valence-corrected chi connectivity index (χ1v) is 8.40. The Bertz CT molecular complexity index is 785. The lowest BCUT2D eigenvalue weighted by Gasteiger charge is -2.21. The van der Waals surface area contributed by atoms with Gasteiger partial charge in [-0.15, -0.1) is 0 Å². The van der Waals surface area contributed by atoms with Crippen molar-refractivity contribution in [1.82, 2.24) is 5.32 Å². The maximum absolute atomic E-state index is 12.0. The Balaban J connectivity index is 1.63. The second kappa shape index (κ2) is 7.17. The smallest absolute Gasteiger partial charge is 0.407 e. The zero-order chi connectivity index (χ0) is 18.7. The van der Waals surface area contributed by atoms with Crippen molar-refractivity contribution < 1.29 is 24.5 Å². The van der Waals surface area contributed by atoms with Gasteiger partial charge >= 0.3 is 12.1 Å². The number of carboxylic acids is 1. The van der Waals surface area contributed by atoms with Gasteiger partial charge in [-0.1, -0.05) is 48.5 Å². The summed E-state index contributed by atoms with van der Waals surface area (Å²) < 4.78 is 5.33. The van der Waals surface area contributed by atoms with Gasteiger partial charge in [-0.3, -0.25) is 4.79 Å². The Kier molecular flexibility index (Phi) is 4.95. The molecule has 0 heterocycles. The molecular weight excluding hydrogens is 334 g/mol. The van der Waals surface area contributed by atoms with Crippen molar-refractivity contribution in [2.75, 3.05) is 13.2 Å². The minimum Gasteiger partial charge on any atom is -0.481 e. The predicted octanol–water partition coefficient (Wildman–Crippen LogP) is 2.75. The molecule has 0 aliphatic heterocycles. The van der Waals surface area contributed by atoms with Crippen molar-refractivity contribution in [3.05, 3.63) is 59.7 Å².